The van der Waals surface area contributed by atoms with Gasteiger partial charge in [-0.15, -0.1) is 0 Å². The lowest BCUT2D eigenvalue weighted by molar-refractivity contribution is -0.135. The van der Waals surface area contributed by atoms with Crippen LogP contribution in [0.5, 0.6) is 0 Å². The fraction of sp³-hybridized carbons (Fsp3) is 0.263. The molecule has 2 aromatic carbocycles. The smallest absolute Gasteiger partial charge is 0.228 e. The molecule has 0 aromatic heterocycles. The molecule has 0 radical (unpaired) electrons. The number of halogens is 3. The summed E-state index contributed by atoms with van der Waals surface area (Å²) < 4.78 is 26.8. The lowest BCUT2D eigenvalue weighted by Gasteiger charge is -2.22. The fourth-order valence-electron chi connectivity index (χ4n) is 3.09. The van der Waals surface area contributed by atoms with Crippen molar-refractivity contribution in [3.63, 3.8) is 0 Å². The van der Waals surface area contributed by atoms with Gasteiger partial charge < -0.3 is 9.80 Å². The van der Waals surface area contributed by atoms with E-state index >= 15 is 0 Å². The third-order valence-electron chi connectivity index (χ3n) is 4.37. The van der Waals surface area contributed by atoms with Crippen LogP contribution in [0.3, 0.4) is 0 Å². The van der Waals surface area contributed by atoms with Gasteiger partial charge in [0.05, 0.1) is 5.92 Å². The lowest BCUT2D eigenvalue weighted by atomic mass is 10.1. The molecule has 1 atom stereocenters. The number of benzene rings is 2. The number of hydrogen-bond acceptors (Lipinski definition) is 2. The van der Waals surface area contributed by atoms with Crippen LogP contribution in [-0.2, 0) is 16.1 Å². The molecule has 1 fully saturated rings. The molecule has 1 unspecified atom stereocenters. The van der Waals surface area contributed by atoms with E-state index in [-0.39, 0.29) is 30.5 Å². The van der Waals surface area contributed by atoms with Gasteiger partial charge in [0.25, 0.3) is 0 Å². The van der Waals surface area contributed by atoms with Crippen molar-refractivity contribution in [2.75, 3.05) is 18.5 Å². The molecule has 0 N–H and O–H groups in total. The van der Waals surface area contributed by atoms with E-state index in [4.69, 9.17) is 11.6 Å². The van der Waals surface area contributed by atoms with E-state index in [9.17, 15) is 18.4 Å². The number of hydrogen-bond donors (Lipinski definition) is 0. The minimum Gasteiger partial charge on any atom is -0.341 e. The third-order valence-corrected chi connectivity index (χ3v) is 4.74. The van der Waals surface area contributed by atoms with Gasteiger partial charge in [0.1, 0.15) is 11.6 Å². The Morgan fingerprint density at radius 1 is 1.23 bits per heavy atom. The number of anilines is 1. The first-order valence-corrected chi connectivity index (χ1v) is 8.48. The zero-order valence-corrected chi connectivity index (χ0v) is 14.8. The predicted molar refractivity (Wildman–Crippen MR) is 94.7 cm³/mol. The molecule has 136 valence electrons. The standard InChI is InChI=1S/C19H17ClF2N2O2/c1-23(10-12-4-2-3-5-17(12)20)19(26)13-6-18(25)24(11-13)16-8-14(21)7-15(22)9-16/h2-5,7-9,13H,6,10-11H2,1H3. The Balaban J connectivity index is 1.71. The molecule has 2 aromatic rings. The fourth-order valence-corrected chi connectivity index (χ4v) is 3.28. The van der Waals surface area contributed by atoms with E-state index in [1.807, 2.05) is 12.1 Å². The Kier molecular flexibility index (Phi) is 5.23. The van der Waals surface area contributed by atoms with Crippen LogP contribution in [0.2, 0.25) is 5.02 Å². The highest BCUT2D eigenvalue weighted by Gasteiger charge is 2.36. The summed E-state index contributed by atoms with van der Waals surface area (Å²) in [5.74, 6) is -2.64. The highest BCUT2D eigenvalue weighted by molar-refractivity contribution is 6.31. The Morgan fingerprint density at radius 3 is 2.54 bits per heavy atom. The maximum absolute atomic E-state index is 13.4. The van der Waals surface area contributed by atoms with E-state index < -0.39 is 17.6 Å². The summed E-state index contributed by atoms with van der Waals surface area (Å²) in [5, 5.41) is 0.562. The summed E-state index contributed by atoms with van der Waals surface area (Å²) in [5.41, 5.74) is 0.926. The van der Waals surface area contributed by atoms with E-state index in [2.05, 4.69) is 0 Å². The van der Waals surface area contributed by atoms with Gasteiger partial charge in [-0.3, -0.25) is 9.59 Å². The second-order valence-corrected chi connectivity index (χ2v) is 6.73. The molecule has 0 bridgehead atoms. The summed E-state index contributed by atoms with van der Waals surface area (Å²) in [7, 11) is 1.64. The van der Waals surface area contributed by atoms with Crippen molar-refractivity contribution in [1.82, 2.24) is 4.90 Å². The number of nitrogens with zero attached hydrogens (tertiary/aromatic N) is 2. The summed E-state index contributed by atoms with van der Waals surface area (Å²) in [4.78, 5) is 27.7. The SMILES string of the molecule is CN(Cc1ccccc1Cl)C(=O)C1CC(=O)N(c2cc(F)cc(F)c2)C1. The van der Waals surface area contributed by atoms with Gasteiger partial charge in [-0.1, -0.05) is 29.8 Å². The topological polar surface area (TPSA) is 40.6 Å². The van der Waals surface area contributed by atoms with E-state index in [1.54, 1.807) is 19.2 Å². The van der Waals surface area contributed by atoms with Gasteiger partial charge in [-0.25, -0.2) is 8.78 Å². The number of carbonyl (C=O) groups excluding carboxylic acids is 2. The molecule has 1 aliphatic heterocycles. The van der Waals surface area contributed by atoms with Gasteiger partial charge in [-0.05, 0) is 23.8 Å². The highest BCUT2D eigenvalue weighted by Crippen LogP contribution is 2.28. The average Bonchev–Trinajstić information content (AvgIpc) is 2.97. The first-order chi connectivity index (χ1) is 12.3. The molecule has 4 nitrogen and oxygen atoms in total. The molecule has 2 amide bonds. The third kappa shape index (κ3) is 3.85. The molecule has 26 heavy (non-hydrogen) atoms. The zero-order valence-electron chi connectivity index (χ0n) is 14.1. The zero-order chi connectivity index (χ0) is 18.8. The van der Waals surface area contributed by atoms with Crippen molar-refractivity contribution >= 4 is 29.1 Å². The molecule has 1 heterocycles. The number of rotatable bonds is 4. The summed E-state index contributed by atoms with van der Waals surface area (Å²) >= 11 is 6.12. The monoisotopic (exact) mass is 378 g/mol. The van der Waals surface area contributed by atoms with E-state index in [1.165, 1.54) is 9.80 Å². The van der Waals surface area contributed by atoms with Crippen LogP contribution in [-0.4, -0.2) is 30.3 Å². The average molecular weight is 379 g/mol. The first kappa shape index (κ1) is 18.3. The van der Waals surface area contributed by atoms with Gasteiger partial charge >= 0.3 is 0 Å². The molecule has 0 aliphatic carbocycles. The summed E-state index contributed by atoms with van der Waals surface area (Å²) in [6.07, 6.45) is 0.00380. The van der Waals surface area contributed by atoms with Gasteiger partial charge in [0, 0.05) is 43.3 Å². The first-order valence-electron chi connectivity index (χ1n) is 8.10. The largest absolute Gasteiger partial charge is 0.341 e. The van der Waals surface area contributed by atoms with Crippen molar-refractivity contribution in [2.45, 2.75) is 13.0 Å². The van der Waals surface area contributed by atoms with Crippen LogP contribution in [0.25, 0.3) is 0 Å². The van der Waals surface area contributed by atoms with Crippen LogP contribution >= 0.6 is 11.6 Å². The number of carbonyl (C=O) groups is 2. The molecule has 0 saturated carbocycles. The highest BCUT2D eigenvalue weighted by atomic mass is 35.5. The minimum absolute atomic E-state index is 0.00380. The van der Waals surface area contributed by atoms with Crippen molar-refractivity contribution < 1.29 is 18.4 Å². The van der Waals surface area contributed by atoms with Crippen molar-refractivity contribution in [3.05, 3.63) is 64.7 Å². The van der Waals surface area contributed by atoms with E-state index in [0.29, 0.717) is 11.6 Å². The molecule has 7 heteroatoms. The van der Waals surface area contributed by atoms with Crippen LogP contribution in [0.15, 0.2) is 42.5 Å². The molecule has 1 saturated heterocycles. The Labute approximate surface area is 155 Å². The van der Waals surface area contributed by atoms with E-state index in [0.717, 1.165) is 23.8 Å². The Morgan fingerprint density at radius 2 is 1.88 bits per heavy atom. The molecular formula is C19H17ClF2N2O2. The molecule has 3 rings (SSSR count). The van der Waals surface area contributed by atoms with Gasteiger partial charge in [0.2, 0.25) is 11.8 Å². The lowest BCUT2D eigenvalue weighted by Crippen LogP contribution is -2.34. The van der Waals surface area contributed by atoms with Crippen molar-refractivity contribution in [1.29, 1.82) is 0 Å². The maximum atomic E-state index is 13.4. The van der Waals surface area contributed by atoms with Crippen molar-refractivity contribution in [3.8, 4) is 0 Å². The van der Waals surface area contributed by atoms with Gasteiger partial charge in [0.15, 0.2) is 0 Å². The molecule has 1 aliphatic rings. The predicted octanol–water partition coefficient (Wildman–Crippen LogP) is 3.63. The van der Waals surface area contributed by atoms with Crippen LogP contribution in [0.4, 0.5) is 14.5 Å². The normalized spacial score (nSPS) is 16.8. The van der Waals surface area contributed by atoms with Crippen LogP contribution < -0.4 is 4.90 Å². The maximum Gasteiger partial charge on any atom is 0.228 e. The summed E-state index contributed by atoms with van der Waals surface area (Å²) in [6.45, 7) is 0.408. The van der Waals surface area contributed by atoms with Crippen molar-refractivity contribution in [2.24, 2.45) is 5.92 Å². The Hall–Kier alpha value is -2.47. The minimum atomic E-state index is -0.765. The second-order valence-electron chi connectivity index (χ2n) is 6.32. The quantitative estimate of drug-likeness (QED) is 0.815. The van der Waals surface area contributed by atoms with Gasteiger partial charge in [-0.2, -0.15) is 0 Å². The number of amides is 2. The van der Waals surface area contributed by atoms with Crippen LogP contribution in [0, 0.1) is 17.6 Å². The molecule has 0 spiro atoms. The van der Waals surface area contributed by atoms with Crippen LogP contribution in [0.1, 0.15) is 12.0 Å². The molecular weight excluding hydrogens is 362 g/mol. The summed E-state index contributed by atoms with van der Waals surface area (Å²) in [6, 6.07) is 10.1. The second kappa shape index (κ2) is 7.41. The Bertz CT molecular complexity index is 839.